The Morgan fingerprint density at radius 1 is 0.545 bits per heavy atom. The van der Waals surface area contributed by atoms with Gasteiger partial charge in [-0.25, -0.2) is 0 Å². The van der Waals surface area contributed by atoms with Gasteiger partial charge in [0.25, 0.3) is 0 Å². The van der Waals surface area contributed by atoms with E-state index in [1.807, 2.05) is 24.3 Å². The van der Waals surface area contributed by atoms with Crippen molar-refractivity contribution < 1.29 is 0 Å². The SMILES string of the molecule is c1cc(NCc2ccc(CNc3ccncc3)cc2)ccn1. The number of pyridine rings is 2. The second-order valence-electron chi connectivity index (χ2n) is 5.00. The Morgan fingerprint density at radius 3 is 1.27 bits per heavy atom. The van der Waals surface area contributed by atoms with Crippen LogP contribution in [0.4, 0.5) is 11.4 Å². The zero-order chi connectivity index (χ0) is 15.0. The molecule has 22 heavy (non-hydrogen) atoms. The third-order valence-corrected chi connectivity index (χ3v) is 3.38. The van der Waals surface area contributed by atoms with Gasteiger partial charge in [0.1, 0.15) is 0 Å². The van der Waals surface area contributed by atoms with Crippen LogP contribution in [0.15, 0.2) is 73.3 Å². The van der Waals surface area contributed by atoms with Crippen LogP contribution in [0.5, 0.6) is 0 Å². The maximum absolute atomic E-state index is 4.01. The molecule has 0 saturated heterocycles. The molecule has 0 aliphatic rings. The lowest BCUT2D eigenvalue weighted by atomic mass is 10.1. The molecule has 2 aromatic heterocycles. The summed E-state index contributed by atoms with van der Waals surface area (Å²) in [4.78, 5) is 8.01. The number of nitrogens with one attached hydrogen (secondary N) is 2. The van der Waals surface area contributed by atoms with Crippen molar-refractivity contribution in [2.24, 2.45) is 0 Å². The van der Waals surface area contributed by atoms with Gasteiger partial charge in [-0.05, 0) is 35.4 Å². The predicted molar refractivity (Wildman–Crippen MR) is 89.6 cm³/mol. The average Bonchev–Trinajstić information content (AvgIpc) is 2.61. The molecule has 3 rings (SSSR count). The van der Waals surface area contributed by atoms with Gasteiger partial charge in [-0.3, -0.25) is 9.97 Å². The fourth-order valence-electron chi connectivity index (χ4n) is 2.12. The Bertz CT molecular complexity index is 619. The van der Waals surface area contributed by atoms with Gasteiger partial charge >= 0.3 is 0 Å². The largest absolute Gasteiger partial charge is 0.381 e. The normalized spacial score (nSPS) is 10.2. The number of benzene rings is 1. The Morgan fingerprint density at radius 2 is 0.909 bits per heavy atom. The molecule has 0 spiro atoms. The number of hydrogen-bond acceptors (Lipinski definition) is 4. The van der Waals surface area contributed by atoms with Crippen LogP contribution in [0, 0.1) is 0 Å². The third kappa shape index (κ3) is 4.06. The van der Waals surface area contributed by atoms with Crippen molar-refractivity contribution in [2.75, 3.05) is 10.6 Å². The highest BCUT2D eigenvalue weighted by Gasteiger charge is 1.97. The smallest absolute Gasteiger partial charge is 0.0400 e. The van der Waals surface area contributed by atoms with Crippen LogP contribution in [0.1, 0.15) is 11.1 Å². The summed E-state index contributed by atoms with van der Waals surface area (Å²) in [6.07, 6.45) is 7.15. The van der Waals surface area contributed by atoms with Crippen molar-refractivity contribution in [2.45, 2.75) is 13.1 Å². The lowest BCUT2D eigenvalue weighted by Crippen LogP contribution is -2.01. The summed E-state index contributed by atoms with van der Waals surface area (Å²) in [6, 6.07) is 16.5. The molecular formula is C18H18N4. The zero-order valence-electron chi connectivity index (χ0n) is 12.2. The molecule has 0 radical (unpaired) electrons. The van der Waals surface area contributed by atoms with Crippen molar-refractivity contribution in [3.05, 3.63) is 84.4 Å². The summed E-state index contributed by atoms with van der Waals surface area (Å²) >= 11 is 0. The molecule has 4 heteroatoms. The Labute approximate surface area is 130 Å². The van der Waals surface area contributed by atoms with Crippen molar-refractivity contribution in [1.82, 2.24) is 9.97 Å². The highest BCUT2D eigenvalue weighted by molar-refractivity contribution is 5.43. The van der Waals surface area contributed by atoms with E-state index in [1.54, 1.807) is 24.8 Å². The monoisotopic (exact) mass is 290 g/mol. The van der Waals surface area contributed by atoms with Crippen LogP contribution in [-0.4, -0.2) is 9.97 Å². The van der Waals surface area contributed by atoms with Gasteiger partial charge < -0.3 is 10.6 Å². The highest BCUT2D eigenvalue weighted by atomic mass is 14.9. The molecule has 4 nitrogen and oxygen atoms in total. The zero-order valence-corrected chi connectivity index (χ0v) is 12.2. The van der Waals surface area contributed by atoms with Crippen LogP contribution in [-0.2, 0) is 13.1 Å². The lowest BCUT2D eigenvalue weighted by Gasteiger charge is -2.08. The summed E-state index contributed by atoms with van der Waals surface area (Å²) in [6.45, 7) is 1.62. The van der Waals surface area contributed by atoms with E-state index in [4.69, 9.17) is 0 Å². The Kier molecular flexibility index (Phi) is 4.62. The van der Waals surface area contributed by atoms with E-state index in [2.05, 4.69) is 44.9 Å². The first-order valence-corrected chi connectivity index (χ1v) is 7.26. The highest BCUT2D eigenvalue weighted by Crippen LogP contribution is 2.11. The lowest BCUT2D eigenvalue weighted by molar-refractivity contribution is 1.11. The molecule has 2 heterocycles. The molecule has 0 amide bonds. The standard InChI is InChI=1S/C18H18N4/c1-2-16(14-22-18-7-11-20-12-8-18)4-3-15(1)13-21-17-5-9-19-10-6-17/h1-12H,13-14H2,(H,19,21)(H,20,22). The predicted octanol–water partition coefficient (Wildman–Crippen LogP) is 3.70. The number of rotatable bonds is 6. The van der Waals surface area contributed by atoms with Crippen LogP contribution in [0.2, 0.25) is 0 Å². The summed E-state index contributed by atoms with van der Waals surface area (Å²) in [5.41, 5.74) is 4.67. The van der Waals surface area contributed by atoms with Gasteiger partial charge in [0.05, 0.1) is 0 Å². The topological polar surface area (TPSA) is 49.8 Å². The molecule has 0 saturated carbocycles. The van der Waals surface area contributed by atoms with Crippen LogP contribution in [0.25, 0.3) is 0 Å². The Hall–Kier alpha value is -2.88. The van der Waals surface area contributed by atoms with E-state index in [0.717, 1.165) is 24.5 Å². The molecule has 0 atom stereocenters. The third-order valence-electron chi connectivity index (χ3n) is 3.38. The van der Waals surface area contributed by atoms with Crippen molar-refractivity contribution in [3.8, 4) is 0 Å². The van der Waals surface area contributed by atoms with E-state index < -0.39 is 0 Å². The molecule has 0 unspecified atom stereocenters. The molecule has 0 fully saturated rings. The molecule has 0 bridgehead atoms. The minimum Gasteiger partial charge on any atom is -0.381 e. The summed E-state index contributed by atoms with van der Waals surface area (Å²) in [5.74, 6) is 0. The van der Waals surface area contributed by atoms with Crippen LogP contribution in [0.3, 0.4) is 0 Å². The summed E-state index contributed by atoms with van der Waals surface area (Å²) < 4.78 is 0. The van der Waals surface area contributed by atoms with Crippen molar-refractivity contribution >= 4 is 11.4 Å². The van der Waals surface area contributed by atoms with E-state index in [1.165, 1.54) is 11.1 Å². The first-order valence-electron chi connectivity index (χ1n) is 7.26. The minimum atomic E-state index is 0.808. The first kappa shape index (κ1) is 14.1. The first-order chi connectivity index (χ1) is 10.9. The van der Waals surface area contributed by atoms with Gasteiger partial charge in [-0.15, -0.1) is 0 Å². The molecule has 0 aliphatic heterocycles. The Balaban J connectivity index is 1.52. The molecule has 1 aromatic carbocycles. The fourth-order valence-corrected chi connectivity index (χ4v) is 2.12. The van der Waals surface area contributed by atoms with Crippen LogP contribution >= 0.6 is 0 Å². The van der Waals surface area contributed by atoms with E-state index in [0.29, 0.717) is 0 Å². The van der Waals surface area contributed by atoms with E-state index >= 15 is 0 Å². The minimum absolute atomic E-state index is 0.808. The van der Waals surface area contributed by atoms with Crippen molar-refractivity contribution in [3.63, 3.8) is 0 Å². The number of hydrogen-bond donors (Lipinski definition) is 2. The van der Waals surface area contributed by atoms with Gasteiger partial charge in [-0.1, -0.05) is 24.3 Å². The van der Waals surface area contributed by atoms with Crippen LogP contribution < -0.4 is 10.6 Å². The number of aromatic nitrogens is 2. The quantitative estimate of drug-likeness (QED) is 0.727. The van der Waals surface area contributed by atoms with Gasteiger partial charge in [0.2, 0.25) is 0 Å². The number of anilines is 2. The fraction of sp³-hybridized carbons (Fsp3) is 0.111. The second kappa shape index (κ2) is 7.22. The van der Waals surface area contributed by atoms with Gasteiger partial charge in [-0.2, -0.15) is 0 Å². The molecular weight excluding hydrogens is 272 g/mol. The summed E-state index contributed by atoms with van der Waals surface area (Å²) in [7, 11) is 0. The van der Waals surface area contributed by atoms with E-state index in [9.17, 15) is 0 Å². The number of nitrogens with zero attached hydrogens (tertiary/aromatic N) is 2. The summed E-state index contributed by atoms with van der Waals surface area (Å²) in [5, 5.41) is 6.75. The van der Waals surface area contributed by atoms with E-state index in [-0.39, 0.29) is 0 Å². The maximum Gasteiger partial charge on any atom is 0.0400 e. The molecule has 2 N–H and O–H groups in total. The molecule has 0 aliphatic carbocycles. The van der Waals surface area contributed by atoms with Gasteiger partial charge in [0, 0.05) is 49.3 Å². The van der Waals surface area contributed by atoms with Crippen molar-refractivity contribution in [1.29, 1.82) is 0 Å². The molecule has 3 aromatic rings. The average molecular weight is 290 g/mol. The van der Waals surface area contributed by atoms with Gasteiger partial charge in [0.15, 0.2) is 0 Å². The second-order valence-corrected chi connectivity index (χ2v) is 5.00. The molecule has 110 valence electrons. The maximum atomic E-state index is 4.01.